The summed E-state index contributed by atoms with van der Waals surface area (Å²) in [6, 6.07) is 3.55. The van der Waals surface area contributed by atoms with E-state index in [0.29, 0.717) is 42.8 Å². The summed E-state index contributed by atoms with van der Waals surface area (Å²) in [7, 11) is 0. The fourth-order valence-electron chi connectivity index (χ4n) is 2.99. The maximum atomic E-state index is 12.6. The Morgan fingerprint density at radius 2 is 2.16 bits per heavy atom. The van der Waals surface area contributed by atoms with Crippen molar-refractivity contribution in [2.75, 3.05) is 13.2 Å². The molecule has 3 heterocycles. The molecule has 7 nitrogen and oxygen atoms in total. The van der Waals surface area contributed by atoms with Gasteiger partial charge in [-0.15, -0.1) is 0 Å². The first-order valence-electron chi connectivity index (χ1n) is 8.62. The summed E-state index contributed by atoms with van der Waals surface area (Å²) in [5, 5.41) is 2.99. The summed E-state index contributed by atoms with van der Waals surface area (Å²) in [4.78, 5) is 20.9. The van der Waals surface area contributed by atoms with Gasteiger partial charge in [-0.1, -0.05) is 0 Å². The number of pyridine rings is 1. The van der Waals surface area contributed by atoms with Gasteiger partial charge in [0, 0.05) is 18.0 Å². The Hall–Kier alpha value is -2.41. The molecule has 1 amide bonds. The molecule has 0 bridgehead atoms. The molecule has 1 saturated carbocycles. The van der Waals surface area contributed by atoms with Crippen LogP contribution in [0.3, 0.4) is 0 Å². The highest BCUT2D eigenvalue weighted by molar-refractivity contribution is 5.93. The summed E-state index contributed by atoms with van der Waals surface area (Å²) in [5.41, 5.74) is 1.31. The molecule has 25 heavy (non-hydrogen) atoms. The predicted molar refractivity (Wildman–Crippen MR) is 88.6 cm³/mol. The molecule has 0 aromatic carbocycles. The third kappa shape index (κ3) is 3.66. The van der Waals surface area contributed by atoms with Crippen molar-refractivity contribution in [3.05, 3.63) is 41.9 Å². The van der Waals surface area contributed by atoms with Gasteiger partial charge in [0.1, 0.15) is 17.6 Å². The highest BCUT2D eigenvalue weighted by Crippen LogP contribution is 2.41. The SMILES string of the molecule is Cc1ccc(O[C@@H]2CCOC[C@@H]2NC(=O)c2ncoc2C2CC2)cn1. The Morgan fingerprint density at radius 3 is 2.92 bits per heavy atom. The molecular weight excluding hydrogens is 322 g/mol. The number of hydrogen-bond donors (Lipinski definition) is 1. The number of nitrogens with one attached hydrogen (secondary N) is 1. The lowest BCUT2D eigenvalue weighted by molar-refractivity contribution is -0.00309. The summed E-state index contributed by atoms with van der Waals surface area (Å²) >= 11 is 0. The van der Waals surface area contributed by atoms with Gasteiger partial charge in [0.05, 0.1) is 25.5 Å². The van der Waals surface area contributed by atoms with Crippen LogP contribution in [-0.4, -0.2) is 41.2 Å². The molecule has 1 aliphatic carbocycles. The Labute approximate surface area is 145 Å². The molecular formula is C18H21N3O4. The van der Waals surface area contributed by atoms with E-state index in [-0.39, 0.29) is 18.1 Å². The Kier molecular flexibility index (Phi) is 4.40. The van der Waals surface area contributed by atoms with Crippen molar-refractivity contribution in [3.63, 3.8) is 0 Å². The lowest BCUT2D eigenvalue weighted by atomic mass is 10.1. The van der Waals surface area contributed by atoms with Crippen LogP contribution in [-0.2, 0) is 4.74 Å². The molecule has 7 heteroatoms. The van der Waals surface area contributed by atoms with E-state index < -0.39 is 0 Å². The zero-order valence-electron chi connectivity index (χ0n) is 14.1. The molecule has 2 aromatic heterocycles. The number of amides is 1. The van der Waals surface area contributed by atoms with E-state index in [9.17, 15) is 4.79 Å². The zero-order valence-corrected chi connectivity index (χ0v) is 14.1. The predicted octanol–water partition coefficient (Wildman–Crippen LogP) is 2.22. The number of carbonyl (C=O) groups is 1. The van der Waals surface area contributed by atoms with Gasteiger partial charge in [0.25, 0.3) is 5.91 Å². The normalized spacial score (nSPS) is 23.2. The minimum absolute atomic E-state index is 0.168. The maximum Gasteiger partial charge on any atom is 0.273 e. The second kappa shape index (κ2) is 6.84. The number of nitrogens with zero attached hydrogens (tertiary/aromatic N) is 2. The van der Waals surface area contributed by atoms with E-state index in [4.69, 9.17) is 13.9 Å². The van der Waals surface area contributed by atoms with Crippen molar-refractivity contribution in [2.45, 2.75) is 44.2 Å². The smallest absolute Gasteiger partial charge is 0.273 e. The van der Waals surface area contributed by atoms with Crippen LogP contribution in [0.15, 0.2) is 29.1 Å². The summed E-state index contributed by atoms with van der Waals surface area (Å²) in [6.45, 7) is 2.94. The molecule has 2 fully saturated rings. The summed E-state index contributed by atoms with van der Waals surface area (Å²) in [5.74, 6) is 1.48. The zero-order chi connectivity index (χ0) is 17.2. The Morgan fingerprint density at radius 1 is 1.28 bits per heavy atom. The summed E-state index contributed by atoms with van der Waals surface area (Å²) in [6.07, 6.45) is 5.67. The average Bonchev–Trinajstić information content (AvgIpc) is 3.35. The molecule has 2 atom stereocenters. The standard InChI is InChI=1S/C18H21N3O4/c1-11-2-5-13(8-19-11)25-15-6-7-23-9-14(15)21-18(22)16-17(12-3-4-12)24-10-20-16/h2,5,8,10,12,14-15H,3-4,6-7,9H2,1H3,(H,21,22)/t14-,15+/m0/s1. The number of carbonyl (C=O) groups excluding carboxylic acids is 1. The van der Waals surface area contributed by atoms with Crippen LogP contribution >= 0.6 is 0 Å². The second-order valence-corrected chi connectivity index (χ2v) is 6.57. The molecule has 1 aliphatic heterocycles. The quantitative estimate of drug-likeness (QED) is 0.896. The van der Waals surface area contributed by atoms with Crippen LogP contribution in [0.4, 0.5) is 0 Å². The Bertz CT molecular complexity index is 739. The number of ether oxygens (including phenoxy) is 2. The van der Waals surface area contributed by atoms with Gasteiger partial charge in [0.2, 0.25) is 0 Å². The molecule has 1 N–H and O–H groups in total. The van der Waals surface area contributed by atoms with Gasteiger partial charge in [-0.3, -0.25) is 9.78 Å². The van der Waals surface area contributed by atoms with Gasteiger partial charge >= 0.3 is 0 Å². The number of hydrogen-bond acceptors (Lipinski definition) is 6. The van der Waals surface area contributed by atoms with E-state index in [1.54, 1.807) is 6.20 Å². The number of rotatable bonds is 5. The van der Waals surface area contributed by atoms with Crippen molar-refractivity contribution in [1.82, 2.24) is 15.3 Å². The largest absolute Gasteiger partial charge is 0.486 e. The van der Waals surface area contributed by atoms with Crippen molar-refractivity contribution in [3.8, 4) is 5.75 Å². The third-order valence-corrected chi connectivity index (χ3v) is 4.54. The highest BCUT2D eigenvalue weighted by atomic mass is 16.5. The van der Waals surface area contributed by atoms with Gasteiger partial charge in [-0.05, 0) is 31.9 Å². The van der Waals surface area contributed by atoms with Crippen LogP contribution in [0, 0.1) is 6.92 Å². The summed E-state index contributed by atoms with van der Waals surface area (Å²) < 4.78 is 16.9. The molecule has 1 saturated heterocycles. The van der Waals surface area contributed by atoms with Crippen LogP contribution in [0.25, 0.3) is 0 Å². The maximum absolute atomic E-state index is 12.6. The van der Waals surface area contributed by atoms with Gasteiger partial charge < -0.3 is 19.2 Å². The fraction of sp³-hybridized carbons (Fsp3) is 0.500. The van der Waals surface area contributed by atoms with E-state index in [1.807, 2.05) is 19.1 Å². The third-order valence-electron chi connectivity index (χ3n) is 4.54. The van der Waals surface area contributed by atoms with Crippen LogP contribution < -0.4 is 10.1 Å². The van der Waals surface area contributed by atoms with E-state index >= 15 is 0 Å². The molecule has 4 rings (SSSR count). The minimum Gasteiger partial charge on any atom is -0.486 e. The molecule has 0 spiro atoms. The monoisotopic (exact) mass is 343 g/mol. The molecule has 2 aliphatic rings. The lowest BCUT2D eigenvalue weighted by Crippen LogP contribution is -2.52. The van der Waals surface area contributed by atoms with Crippen molar-refractivity contribution in [2.24, 2.45) is 0 Å². The number of aryl methyl sites for hydroxylation is 1. The highest BCUT2D eigenvalue weighted by Gasteiger charge is 2.35. The van der Waals surface area contributed by atoms with Crippen LogP contribution in [0.2, 0.25) is 0 Å². The van der Waals surface area contributed by atoms with Crippen molar-refractivity contribution < 1.29 is 18.7 Å². The van der Waals surface area contributed by atoms with Gasteiger partial charge in [-0.2, -0.15) is 0 Å². The first-order chi connectivity index (χ1) is 12.2. The molecule has 2 aromatic rings. The topological polar surface area (TPSA) is 86.5 Å². The van der Waals surface area contributed by atoms with Gasteiger partial charge in [-0.25, -0.2) is 4.98 Å². The average molecular weight is 343 g/mol. The van der Waals surface area contributed by atoms with E-state index in [0.717, 1.165) is 18.5 Å². The van der Waals surface area contributed by atoms with E-state index in [1.165, 1.54) is 6.39 Å². The number of aromatic nitrogens is 2. The fourth-order valence-corrected chi connectivity index (χ4v) is 2.99. The van der Waals surface area contributed by atoms with Crippen LogP contribution in [0.1, 0.15) is 47.1 Å². The molecule has 132 valence electrons. The van der Waals surface area contributed by atoms with Crippen LogP contribution in [0.5, 0.6) is 5.75 Å². The second-order valence-electron chi connectivity index (χ2n) is 6.57. The first kappa shape index (κ1) is 16.1. The van der Waals surface area contributed by atoms with Crippen molar-refractivity contribution >= 4 is 5.91 Å². The number of oxazole rings is 1. The van der Waals surface area contributed by atoms with Gasteiger partial charge in [0.15, 0.2) is 12.1 Å². The Balaban J connectivity index is 1.44. The first-order valence-corrected chi connectivity index (χ1v) is 8.62. The lowest BCUT2D eigenvalue weighted by Gasteiger charge is -2.32. The molecule has 0 radical (unpaired) electrons. The minimum atomic E-state index is -0.244. The van der Waals surface area contributed by atoms with Crippen molar-refractivity contribution in [1.29, 1.82) is 0 Å². The van der Waals surface area contributed by atoms with E-state index in [2.05, 4.69) is 15.3 Å². The molecule has 0 unspecified atom stereocenters.